The van der Waals surface area contributed by atoms with Gasteiger partial charge < -0.3 is 5.32 Å². The maximum Gasteiger partial charge on any atom is 0.251 e. The molecule has 0 aliphatic rings. The van der Waals surface area contributed by atoms with Crippen molar-refractivity contribution in [2.75, 3.05) is 6.54 Å². The third-order valence-electron chi connectivity index (χ3n) is 2.06. The van der Waals surface area contributed by atoms with Gasteiger partial charge in [-0.2, -0.15) is 5.26 Å². The van der Waals surface area contributed by atoms with E-state index in [1.807, 2.05) is 25.1 Å². The van der Waals surface area contributed by atoms with Gasteiger partial charge in [-0.15, -0.1) is 0 Å². The van der Waals surface area contributed by atoms with Crippen molar-refractivity contribution in [1.82, 2.24) is 5.32 Å². The number of benzene rings is 1. The second-order valence-corrected chi connectivity index (χ2v) is 3.38. The summed E-state index contributed by atoms with van der Waals surface area (Å²) in [5.74, 6) is -0.0760. The van der Waals surface area contributed by atoms with Crippen LogP contribution >= 0.6 is 0 Å². The van der Waals surface area contributed by atoms with Gasteiger partial charge in [0, 0.05) is 18.5 Å². The number of nitrogens with one attached hydrogen (secondary N) is 1. The highest BCUT2D eigenvalue weighted by molar-refractivity contribution is 5.94. The van der Waals surface area contributed by atoms with Crippen molar-refractivity contribution in [2.24, 2.45) is 0 Å². The average molecular weight is 202 g/mol. The lowest BCUT2D eigenvalue weighted by Crippen LogP contribution is -2.24. The molecule has 0 aromatic heterocycles. The molecule has 78 valence electrons. The molecule has 1 aromatic rings. The van der Waals surface area contributed by atoms with Crippen molar-refractivity contribution < 1.29 is 4.79 Å². The summed E-state index contributed by atoms with van der Waals surface area (Å²) in [6.07, 6.45) is 1.18. The summed E-state index contributed by atoms with van der Waals surface area (Å²) in [6, 6.07) is 9.45. The van der Waals surface area contributed by atoms with E-state index in [2.05, 4.69) is 5.32 Å². The first-order chi connectivity index (χ1) is 7.24. The predicted molar refractivity (Wildman–Crippen MR) is 58.4 cm³/mol. The summed E-state index contributed by atoms with van der Waals surface area (Å²) in [6.45, 7) is 2.54. The van der Waals surface area contributed by atoms with E-state index in [1.165, 1.54) is 0 Å². The van der Waals surface area contributed by atoms with Gasteiger partial charge in [-0.3, -0.25) is 4.79 Å². The minimum atomic E-state index is -0.0760. The van der Waals surface area contributed by atoms with Crippen molar-refractivity contribution in [3.63, 3.8) is 0 Å². The Balaban J connectivity index is 2.41. The molecule has 1 N–H and O–H groups in total. The van der Waals surface area contributed by atoms with Crippen LogP contribution in [0.25, 0.3) is 0 Å². The molecular formula is C12H14N2O. The van der Waals surface area contributed by atoms with Gasteiger partial charge in [0.05, 0.1) is 6.07 Å². The Morgan fingerprint density at radius 2 is 2.07 bits per heavy atom. The fourth-order valence-corrected chi connectivity index (χ4v) is 1.18. The topological polar surface area (TPSA) is 52.9 Å². The number of carbonyl (C=O) groups is 1. The normalized spacial score (nSPS) is 9.33. The molecule has 0 atom stereocenters. The number of aryl methyl sites for hydroxylation is 1. The highest BCUT2D eigenvalue weighted by Gasteiger charge is 2.02. The van der Waals surface area contributed by atoms with Crippen LogP contribution in [0.5, 0.6) is 0 Å². The SMILES string of the molecule is Cc1ccc(C(=O)NCCCC#N)cc1. The van der Waals surface area contributed by atoms with E-state index in [1.54, 1.807) is 12.1 Å². The minimum Gasteiger partial charge on any atom is -0.352 e. The third kappa shape index (κ3) is 3.82. The highest BCUT2D eigenvalue weighted by Crippen LogP contribution is 2.02. The van der Waals surface area contributed by atoms with Gasteiger partial charge in [0.2, 0.25) is 0 Å². The minimum absolute atomic E-state index is 0.0760. The molecule has 0 aliphatic heterocycles. The molecule has 0 radical (unpaired) electrons. The summed E-state index contributed by atoms with van der Waals surface area (Å²) in [4.78, 5) is 11.5. The molecule has 0 saturated heterocycles. The molecule has 1 rings (SSSR count). The largest absolute Gasteiger partial charge is 0.352 e. The van der Waals surface area contributed by atoms with Gasteiger partial charge in [-0.25, -0.2) is 0 Å². The van der Waals surface area contributed by atoms with Crippen molar-refractivity contribution in [2.45, 2.75) is 19.8 Å². The first-order valence-electron chi connectivity index (χ1n) is 4.96. The predicted octanol–water partition coefficient (Wildman–Crippen LogP) is 2.03. The van der Waals surface area contributed by atoms with Gasteiger partial charge in [-0.1, -0.05) is 17.7 Å². The van der Waals surface area contributed by atoms with Gasteiger partial charge >= 0.3 is 0 Å². The lowest BCUT2D eigenvalue weighted by Gasteiger charge is -2.03. The second kappa shape index (κ2) is 5.82. The molecular weight excluding hydrogens is 188 g/mol. The van der Waals surface area contributed by atoms with Crippen LogP contribution in [0.2, 0.25) is 0 Å². The summed E-state index contributed by atoms with van der Waals surface area (Å²) in [7, 11) is 0. The van der Waals surface area contributed by atoms with Crippen LogP contribution in [-0.4, -0.2) is 12.5 Å². The molecule has 0 unspecified atom stereocenters. The Labute approximate surface area is 89.7 Å². The summed E-state index contributed by atoms with van der Waals surface area (Å²) in [5.41, 5.74) is 1.80. The lowest BCUT2D eigenvalue weighted by molar-refractivity contribution is 0.0953. The fraction of sp³-hybridized carbons (Fsp3) is 0.333. The highest BCUT2D eigenvalue weighted by atomic mass is 16.1. The van der Waals surface area contributed by atoms with Crippen LogP contribution in [0.4, 0.5) is 0 Å². The molecule has 0 aliphatic carbocycles. The maximum absolute atomic E-state index is 11.5. The van der Waals surface area contributed by atoms with E-state index in [4.69, 9.17) is 5.26 Å². The molecule has 3 nitrogen and oxygen atoms in total. The molecule has 0 spiro atoms. The first kappa shape index (κ1) is 11.3. The van der Waals surface area contributed by atoms with Crippen molar-refractivity contribution >= 4 is 5.91 Å². The lowest BCUT2D eigenvalue weighted by atomic mass is 10.1. The van der Waals surface area contributed by atoms with Crippen molar-refractivity contribution in [3.8, 4) is 6.07 Å². The third-order valence-corrected chi connectivity index (χ3v) is 2.06. The Morgan fingerprint density at radius 1 is 1.40 bits per heavy atom. The molecule has 15 heavy (non-hydrogen) atoms. The molecule has 1 aromatic carbocycles. The number of unbranched alkanes of at least 4 members (excludes halogenated alkanes) is 1. The molecule has 0 saturated carbocycles. The van der Waals surface area contributed by atoms with Crippen LogP contribution in [-0.2, 0) is 0 Å². The average Bonchev–Trinajstić information content (AvgIpc) is 2.25. The van der Waals surface area contributed by atoms with Crippen LogP contribution in [0, 0.1) is 18.3 Å². The van der Waals surface area contributed by atoms with E-state index in [0.717, 1.165) is 5.56 Å². The van der Waals surface area contributed by atoms with Gasteiger partial charge in [-0.05, 0) is 25.5 Å². The Hall–Kier alpha value is -1.82. The van der Waals surface area contributed by atoms with Crippen LogP contribution in [0.1, 0.15) is 28.8 Å². The van der Waals surface area contributed by atoms with Crippen molar-refractivity contribution in [1.29, 1.82) is 5.26 Å². The summed E-state index contributed by atoms with van der Waals surface area (Å²) in [5, 5.41) is 11.1. The van der Waals surface area contributed by atoms with Crippen LogP contribution in [0.3, 0.4) is 0 Å². The van der Waals surface area contributed by atoms with E-state index in [0.29, 0.717) is 24.9 Å². The summed E-state index contributed by atoms with van der Waals surface area (Å²) < 4.78 is 0. The van der Waals surface area contributed by atoms with Gasteiger partial charge in [0.25, 0.3) is 5.91 Å². The fourth-order valence-electron chi connectivity index (χ4n) is 1.18. The van der Waals surface area contributed by atoms with E-state index in [-0.39, 0.29) is 5.91 Å². The standard InChI is InChI=1S/C12H14N2O/c1-10-4-6-11(7-5-10)12(15)14-9-3-2-8-13/h4-7H,2-3,9H2,1H3,(H,14,15). The van der Waals surface area contributed by atoms with Crippen molar-refractivity contribution in [3.05, 3.63) is 35.4 Å². The monoisotopic (exact) mass is 202 g/mol. The van der Waals surface area contributed by atoms with E-state index >= 15 is 0 Å². The van der Waals surface area contributed by atoms with Crippen LogP contribution in [0.15, 0.2) is 24.3 Å². The molecule has 0 fully saturated rings. The van der Waals surface area contributed by atoms with Gasteiger partial charge in [0.1, 0.15) is 0 Å². The first-order valence-corrected chi connectivity index (χ1v) is 4.96. The zero-order valence-electron chi connectivity index (χ0n) is 8.79. The van der Waals surface area contributed by atoms with E-state index < -0.39 is 0 Å². The number of rotatable bonds is 4. The molecule has 3 heteroatoms. The van der Waals surface area contributed by atoms with Gasteiger partial charge in [0.15, 0.2) is 0 Å². The number of nitriles is 1. The zero-order chi connectivity index (χ0) is 11.1. The molecule has 0 bridgehead atoms. The smallest absolute Gasteiger partial charge is 0.251 e. The van der Waals surface area contributed by atoms with Crippen LogP contribution < -0.4 is 5.32 Å². The maximum atomic E-state index is 11.5. The number of hydrogen-bond donors (Lipinski definition) is 1. The Morgan fingerprint density at radius 3 is 2.67 bits per heavy atom. The molecule has 0 heterocycles. The Bertz CT molecular complexity index is 362. The zero-order valence-corrected chi connectivity index (χ0v) is 8.79. The number of amides is 1. The number of hydrogen-bond acceptors (Lipinski definition) is 2. The molecule has 1 amide bonds. The number of carbonyl (C=O) groups excluding carboxylic acids is 1. The van der Waals surface area contributed by atoms with E-state index in [9.17, 15) is 4.79 Å². The Kier molecular flexibility index (Phi) is 4.36. The second-order valence-electron chi connectivity index (χ2n) is 3.38. The number of nitrogens with zero attached hydrogens (tertiary/aromatic N) is 1. The quantitative estimate of drug-likeness (QED) is 0.759. The summed E-state index contributed by atoms with van der Waals surface area (Å²) >= 11 is 0.